The number of nitrogens with one attached hydrogen (secondary N) is 2. The SMILES string of the molecule is COc1ccc(C=NNC(=O)CCC(=O)Nc2cc(C(F)(F)F)ccc2Cl)c(OC)c1. The molecule has 7 nitrogen and oxygen atoms in total. The number of hydrogen-bond donors (Lipinski definition) is 2. The molecule has 166 valence electrons. The van der Waals surface area contributed by atoms with E-state index in [-0.39, 0.29) is 23.6 Å². The molecule has 11 heteroatoms. The average Bonchev–Trinajstić information content (AvgIpc) is 2.73. The fourth-order valence-corrected chi connectivity index (χ4v) is 2.56. The van der Waals surface area contributed by atoms with Crippen LogP contribution in [0.25, 0.3) is 0 Å². The van der Waals surface area contributed by atoms with E-state index in [1.54, 1.807) is 18.2 Å². The van der Waals surface area contributed by atoms with Gasteiger partial charge in [-0.3, -0.25) is 9.59 Å². The number of alkyl halides is 3. The lowest BCUT2D eigenvalue weighted by Gasteiger charge is -2.11. The largest absolute Gasteiger partial charge is 0.497 e. The van der Waals surface area contributed by atoms with E-state index in [0.29, 0.717) is 17.1 Å². The number of carbonyl (C=O) groups excluding carboxylic acids is 2. The number of hydrazone groups is 1. The Morgan fingerprint density at radius 3 is 2.42 bits per heavy atom. The smallest absolute Gasteiger partial charge is 0.416 e. The number of halogens is 4. The van der Waals surface area contributed by atoms with Crippen molar-refractivity contribution in [2.75, 3.05) is 19.5 Å². The molecule has 0 aliphatic rings. The van der Waals surface area contributed by atoms with E-state index < -0.39 is 23.6 Å². The number of methoxy groups -OCH3 is 2. The second kappa shape index (κ2) is 10.7. The van der Waals surface area contributed by atoms with Crippen LogP contribution in [-0.2, 0) is 15.8 Å². The number of ether oxygens (including phenoxy) is 2. The Morgan fingerprint density at radius 2 is 1.77 bits per heavy atom. The van der Waals surface area contributed by atoms with Crippen LogP contribution in [-0.4, -0.2) is 32.2 Å². The van der Waals surface area contributed by atoms with Gasteiger partial charge in [-0.2, -0.15) is 18.3 Å². The van der Waals surface area contributed by atoms with Crippen molar-refractivity contribution in [3.63, 3.8) is 0 Å². The standard InChI is InChI=1S/C20H19ClF3N3O4/c1-30-14-5-3-12(17(10-14)31-2)11-25-27-19(29)8-7-18(28)26-16-9-13(20(22,23)24)4-6-15(16)21/h3-6,9-11H,7-8H2,1-2H3,(H,26,28)(H,27,29). The molecule has 31 heavy (non-hydrogen) atoms. The van der Waals surface area contributed by atoms with Gasteiger partial charge in [-0.15, -0.1) is 0 Å². The summed E-state index contributed by atoms with van der Waals surface area (Å²) >= 11 is 5.82. The van der Waals surface area contributed by atoms with Crippen LogP contribution < -0.4 is 20.2 Å². The minimum Gasteiger partial charge on any atom is -0.497 e. The topological polar surface area (TPSA) is 89.0 Å². The number of hydrogen-bond acceptors (Lipinski definition) is 5. The molecule has 0 atom stereocenters. The monoisotopic (exact) mass is 457 g/mol. The van der Waals surface area contributed by atoms with Crippen molar-refractivity contribution in [3.05, 3.63) is 52.5 Å². The summed E-state index contributed by atoms with van der Waals surface area (Å²) in [6.45, 7) is 0. The van der Waals surface area contributed by atoms with Crippen LogP contribution in [0, 0.1) is 0 Å². The van der Waals surface area contributed by atoms with Crippen molar-refractivity contribution in [2.45, 2.75) is 19.0 Å². The molecule has 0 spiro atoms. The van der Waals surface area contributed by atoms with E-state index in [1.165, 1.54) is 20.4 Å². The summed E-state index contributed by atoms with van der Waals surface area (Å²) in [6, 6.07) is 7.59. The molecule has 2 aromatic rings. The first-order valence-electron chi connectivity index (χ1n) is 8.84. The maximum Gasteiger partial charge on any atom is 0.416 e. The molecule has 0 unspecified atom stereocenters. The van der Waals surface area contributed by atoms with Gasteiger partial charge in [0.1, 0.15) is 11.5 Å². The van der Waals surface area contributed by atoms with Gasteiger partial charge >= 0.3 is 6.18 Å². The number of anilines is 1. The predicted octanol–water partition coefficient (Wildman–Crippen LogP) is 4.25. The first-order chi connectivity index (χ1) is 14.6. The Kier molecular flexibility index (Phi) is 8.26. The number of amides is 2. The van der Waals surface area contributed by atoms with Crippen LogP contribution in [0.3, 0.4) is 0 Å². The fraction of sp³-hybridized carbons (Fsp3) is 0.250. The van der Waals surface area contributed by atoms with Crippen LogP contribution in [0.1, 0.15) is 24.0 Å². The van der Waals surface area contributed by atoms with Gasteiger partial charge in [0.2, 0.25) is 11.8 Å². The van der Waals surface area contributed by atoms with E-state index in [1.807, 2.05) is 0 Å². The lowest BCUT2D eigenvalue weighted by atomic mass is 10.2. The van der Waals surface area contributed by atoms with E-state index in [9.17, 15) is 22.8 Å². The Bertz CT molecular complexity index is 981. The van der Waals surface area contributed by atoms with Crippen molar-refractivity contribution in [3.8, 4) is 11.5 Å². The van der Waals surface area contributed by atoms with Gasteiger partial charge in [0.05, 0.1) is 36.7 Å². The molecule has 0 aliphatic heterocycles. The summed E-state index contributed by atoms with van der Waals surface area (Å²) in [7, 11) is 2.99. The van der Waals surface area contributed by atoms with Crippen LogP contribution in [0.4, 0.5) is 18.9 Å². The van der Waals surface area contributed by atoms with Gasteiger partial charge in [-0.05, 0) is 30.3 Å². The molecule has 2 N–H and O–H groups in total. The summed E-state index contributed by atoms with van der Waals surface area (Å²) in [5.74, 6) is -0.161. The molecular formula is C20H19ClF3N3O4. The third-order valence-electron chi connectivity index (χ3n) is 3.98. The Hall–Kier alpha value is -3.27. The predicted molar refractivity (Wildman–Crippen MR) is 110 cm³/mol. The molecule has 0 aliphatic carbocycles. The van der Waals surface area contributed by atoms with Gasteiger partial charge in [-0.25, -0.2) is 5.43 Å². The molecule has 2 aromatic carbocycles. The minimum absolute atomic E-state index is 0.0520. The zero-order valence-corrected chi connectivity index (χ0v) is 17.3. The Morgan fingerprint density at radius 1 is 1.06 bits per heavy atom. The molecule has 0 bridgehead atoms. The highest BCUT2D eigenvalue weighted by Crippen LogP contribution is 2.33. The van der Waals surface area contributed by atoms with Crippen molar-refractivity contribution in [2.24, 2.45) is 5.10 Å². The van der Waals surface area contributed by atoms with E-state index in [4.69, 9.17) is 21.1 Å². The zero-order valence-electron chi connectivity index (χ0n) is 16.5. The maximum absolute atomic E-state index is 12.8. The second-order valence-electron chi connectivity index (χ2n) is 6.14. The minimum atomic E-state index is -4.57. The molecular weight excluding hydrogens is 439 g/mol. The van der Waals surface area contributed by atoms with Crippen molar-refractivity contribution in [1.82, 2.24) is 5.43 Å². The highest BCUT2D eigenvalue weighted by molar-refractivity contribution is 6.33. The average molecular weight is 458 g/mol. The van der Waals surface area contributed by atoms with Crippen LogP contribution in [0.15, 0.2) is 41.5 Å². The van der Waals surface area contributed by atoms with Gasteiger partial charge in [0, 0.05) is 24.5 Å². The van der Waals surface area contributed by atoms with Gasteiger partial charge < -0.3 is 14.8 Å². The van der Waals surface area contributed by atoms with Crippen molar-refractivity contribution >= 4 is 35.3 Å². The van der Waals surface area contributed by atoms with Crippen LogP contribution in [0.2, 0.25) is 5.02 Å². The van der Waals surface area contributed by atoms with Gasteiger partial charge in [0.15, 0.2) is 0 Å². The summed E-state index contributed by atoms with van der Waals surface area (Å²) in [6.07, 6.45) is -3.73. The lowest BCUT2D eigenvalue weighted by molar-refractivity contribution is -0.137. The number of benzene rings is 2. The fourth-order valence-electron chi connectivity index (χ4n) is 2.39. The molecule has 0 aromatic heterocycles. The first kappa shape index (κ1) is 24.0. The molecule has 0 radical (unpaired) electrons. The zero-order chi connectivity index (χ0) is 23.0. The number of rotatable bonds is 8. The molecule has 0 fully saturated rings. The summed E-state index contributed by atoms with van der Waals surface area (Å²) in [4.78, 5) is 23.8. The highest BCUT2D eigenvalue weighted by Gasteiger charge is 2.31. The third kappa shape index (κ3) is 7.18. The quantitative estimate of drug-likeness (QED) is 0.458. The molecule has 0 saturated carbocycles. The van der Waals surface area contributed by atoms with Gasteiger partial charge in [-0.1, -0.05) is 11.6 Å². The van der Waals surface area contributed by atoms with E-state index in [2.05, 4.69) is 15.8 Å². The molecule has 0 heterocycles. The first-order valence-corrected chi connectivity index (χ1v) is 9.22. The maximum atomic E-state index is 12.8. The Labute approximate surface area is 181 Å². The second-order valence-corrected chi connectivity index (χ2v) is 6.55. The summed E-state index contributed by atoms with van der Waals surface area (Å²) < 4.78 is 48.6. The van der Waals surface area contributed by atoms with Crippen LogP contribution in [0.5, 0.6) is 11.5 Å². The van der Waals surface area contributed by atoms with Crippen molar-refractivity contribution in [1.29, 1.82) is 0 Å². The molecule has 2 amide bonds. The lowest BCUT2D eigenvalue weighted by Crippen LogP contribution is -2.21. The Balaban J connectivity index is 1.88. The third-order valence-corrected chi connectivity index (χ3v) is 4.31. The summed E-state index contributed by atoms with van der Waals surface area (Å²) in [5, 5.41) is 6.01. The van der Waals surface area contributed by atoms with Crippen molar-refractivity contribution < 1.29 is 32.2 Å². The van der Waals surface area contributed by atoms with Crippen LogP contribution >= 0.6 is 11.6 Å². The highest BCUT2D eigenvalue weighted by atomic mass is 35.5. The molecule has 2 rings (SSSR count). The summed E-state index contributed by atoms with van der Waals surface area (Å²) in [5.41, 5.74) is 1.70. The molecule has 0 saturated heterocycles. The normalized spacial score (nSPS) is 11.3. The van der Waals surface area contributed by atoms with E-state index >= 15 is 0 Å². The number of carbonyl (C=O) groups is 2. The van der Waals surface area contributed by atoms with Gasteiger partial charge in [0.25, 0.3) is 0 Å². The number of nitrogens with zero attached hydrogens (tertiary/aromatic N) is 1. The van der Waals surface area contributed by atoms with E-state index in [0.717, 1.165) is 18.2 Å².